The van der Waals surface area contributed by atoms with Crippen LogP contribution in [0.3, 0.4) is 0 Å². The van der Waals surface area contributed by atoms with E-state index in [1.54, 1.807) is 30.3 Å². The summed E-state index contributed by atoms with van der Waals surface area (Å²) in [4.78, 5) is 29.3. The number of sulfonamides is 1. The zero-order valence-corrected chi connectivity index (χ0v) is 27.5. The smallest absolute Gasteiger partial charge is 0.264 e. The Morgan fingerprint density at radius 3 is 2.14 bits per heavy atom. The van der Waals surface area contributed by atoms with Gasteiger partial charge in [0.2, 0.25) is 11.8 Å². The largest absolute Gasteiger partial charge is 0.352 e. The van der Waals surface area contributed by atoms with Gasteiger partial charge in [0.05, 0.1) is 10.6 Å². The number of hydrogen-bond acceptors (Lipinski definition) is 4. The molecule has 3 aromatic carbocycles. The molecule has 2 amide bonds. The minimum absolute atomic E-state index is 0.0188. The van der Waals surface area contributed by atoms with E-state index in [-0.39, 0.29) is 23.4 Å². The Labute approximate surface area is 269 Å². The van der Waals surface area contributed by atoms with Gasteiger partial charge in [0, 0.05) is 33.2 Å². The average molecular weight is 665 g/mol. The van der Waals surface area contributed by atoms with Crippen molar-refractivity contribution in [2.45, 2.75) is 76.4 Å². The Bertz CT molecular complexity index is 1550. The Kier molecular flexibility index (Phi) is 11.0. The molecule has 3 aromatic rings. The number of benzene rings is 3. The second-order valence-corrected chi connectivity index (χ2v) is 14.0. The summed E-state index contributed by atoms with van der Waals surface area (Å²) in [5, 5.41) is 4.17. The second kappa shape index (κ2) is 14.3. The number of carbonyl (C=O) groups is 2. The van der Waals surface area contributed by atoms with Crippen molar-refractivity contribution in [3.05, 3.63) is 92.4 Å². The molecular weight excluding hydrogens is 629 g/mol. The quantitative estimate of drug-likeness (QED) is 0.233. The van der Waals surface area contributed by atoms with E-state index in [1.807, 2.05) is 26.8 Å². The van der Waals surface area contributed by atoms with E-state index >= 15 is 0 Å². The number of anilines is 1. The van der Waals surface area contributed by atoms with Gasteiger partial charge in [-0.05, 0) is 92.8 Å². The highest BCUT2D eigenvalue weighted by atomic mass is 35.5. The Balaban J connectivity index is 1.76. The first-order valence-corrected chi connectivity index (χ1v) is 16.9. The van der Waals surface area contributed by atoms with Crippen molar-refractivity contribution in [3.8, 4) is 0 Å². The second-order valence-electron chi connectivity index (χ2n) is 10.9. The average Bonchev–Trinajstić information content (AvgIpc) is 3.47. The molecule has 1 aliphatic rings. The van der Waals surface area contributed by atoms with Crippen LogP contribution in [-0.2, 0) is 26.2 Å². The number of halogens is 3. The first-order valence-electron chi connectivity index (χ1n) is 14.3. The third-order valence-corrected chi connectivity index (χ3v) is 10.7. The van der Waals surface area contributed by atoms with Gasteiger partial charge in [-0.2, -0.15) is 0 Å². The first-order chi connectivity index (χ1) is 20.4. The van der Waals surface area contributed by atoms with E-state index in [4.69, 9.17) is 34.8 Å². The van der Waals surface area contributed by atoms with Crippen LogP contribution in [0.25, 0.3) is 0 Å². The zero-order valence-electron chi connectivity index (χ0n) is 24.4. The lowest BCUT2D eigenvalue weighted by atomic mass is 10.1. The molecule has 0 saturated heterocycles. The summed E-state index contributed by atoms with van der Waals surface area (Å²) in [6, 6.07) is 15.2. The van der Waals surface area contributed by atoms with Crippen molar-refractivity contribution in [2.75, 3.05) is 10.8 Å². The van der Waals surface area contributed by atoms with Crippen molar-refractivity contribution in [2.24, 2.45) is 0 Å². The summed E-state index contributed by atoms with van der Waals surface area (Å²) in [5.74, 6) is -0.857. The molecule has 1 saturated carbocycles. The minimum atomic E-state index is -4.22. The van der Waals surface area contributed by atoms with Crippen LogP contribution in [0.5, 0.6) is 0 Å². The highest BCUT2D eigenvalue weighted by molar-refractivity contribution is 7.92. The van der Waals surface area contributed by atoms with Crippen LogP contribution < -0.4 is 9.62 Å². The molecule has 1 atom stereocenters. The predicted octanol–water partition coefficient (Wildman–Crippen LogP) is 7.33. The highest BCUT2D eigenvalue weighted by Crippen LogP contribution is 2.30. The maximum absolute atomic E-state index is 14.3. The van der Waals surface area contributed by atoms with Gasteiger partial charge in [0.1, 0.15) is 12.6 Å². The van der Waals surface area contributed by atoms with E-state index in [9.17, 15) is 18.0 Å². The fraction of sp³-hybridized carbons (Fsp3) is 0.375. The number of amides is 2. The molecular formula is C32H36Cl3N3O4S. The van der Waals surface area contributed by atoms with Crippen molar-refractivity contribution < 1.29 is 18.0 Å². The van der Waals surface area contributed by atoms with Gasteiger partial charge in [-0.25, -0.2) is 8.42 Å². The fourth-order valence-corrected chi connectivity index (χ4v) is 7.33. The minimum Gasteiger partial charge on any atom is -0.352 e. The molecule has 0 bridgehead atoms. The van der Waals surface area contributed by atoms with E-state index in [0.29, 0.717) is 32.7 Å². The number of carbonyl (C=O) groups excluding carboxylic acids is 2. The number of nitrogens with zero attached hydrogens (tertiary/aromatic N) is 2. The van der Waals surface area contributed by atoms with Crippen LogP contribution in [0.4, 0.5) is 5.69 Å². The molecule has 0 unspecified atom stereocenters. The molecule has 4 rings (SSSR count). The molecule has 1 aliphatic carbocycles. The Hall–Kier alpha value is -2.78. The molecule has 0 heterocycles. The van der Waals surface area contributed by atoms with Crippen LogP contribution in [0.1, 0.15) is 55.7 Å². The molecule has 1 N–H and O–H groups in total. The number of rotatable bonds is 11. The van der Waals surface area contributed by atoms with Gasteiger partial charge >= 0.3 is 0 Å². The normalized spacial score (nSPS) is 14.4. The lowest BCUT2D eigenvalue weighted by Crippen LogP contribution is -2.53. The highest BCUT2D eigenvalue weighted by Gasteiger charge is 2.35. The summed E-state index contributed by atoms with van der Waals surface area (Å²) in [5.41, 5.74) is 2.64. The molecule has 230 valence electrons. The van der Waals surface area contributed by atoms with Crippen LogP contribution in [0.2, 0.25) is 15.1 Å². The van der Waals surface area contributed by atoms with Crippen molar-refractivity contribution in [1.29, 1.82) is 0 Å². The third-order valence-electron chi connectivity index (χ3n) is 7.94. The van der Waals surface area contributed by atoms with Gasteiger partial charge in [0.15, 0.2) is 0 Å². The van der Waals surface area contributed by atoms with Gasteiger partial charge < -0.3 is 10.2 Å². The SMILES string of the molecule is CC[C@H](C(=O)NC1CCCC1)N(Cc1c(Cl)cccc1Cl)C(=O)CN(c1ccc(C)c(C)c1)S(=O)(=O)c1ccc(Cl)cc1. The van der Waals surface area contributed by atoms with Crippen molar-refractivity contribution in [1.82, 2.24) is 10.2 Å². The molecule has 11 heteroatoms. The van der Waals surface area contributed by atoms with Crippen LogP contribution in [0.15, 0.2) is 65.6 Å². The molecule has 0 radical (unpaired) electrons. The Morgan fingerprint density at radius 2 is 1.56 bits per heavy atom. The summed E-state index contributed by atoms with van der Waals surface area (Å²) < 4.78 is 29.2. The molecule has 0 aromatic heterocycles. The lowest BCUT2D eigenvalue weighted by Gasteiger charge is -2.34. The topological polar surface area (TPSA) is 86.8 Å². The summed E-state index contributed by atoms with van der Waals surface area (Å²) in [7, 11) is -4.22. The van der Waals surface area contributed by atoms with Crippen LogP contribution >= 0.6 is 34.8 Å². The van der Waals surface area contributed by atoms with Crippen molar-refractivity contribution in [3.63, 3.8) is 0 Å². The molecule has 1 fully saturated rings. The maximum Gasteiger partial charge on any atom is 0.264 e. The summed E-state index contributed by atoms with van der Waals surface area (Å²) in [6.07, 6.45) is 4.14. The van der Waals surface area contributed by atoms with Gasteiger partial charge in [-0.15, -0.1) is 0 Å². The van der Waals surface area contributed by atoms with Gasteiger partial charge in [0.25, 0.3) is 10.0 Å². The number of nitrogens with one attached hydrogen (secondary N) is 1. The molecule has 0 aliphatic heterocycles. The number of aryl methyl sites for hydroxylation is 2. The third kappa shape index (κ3) is 7.85. The molecule has 43 heavy (non-hydrogen) atoms. The standard InChI is InChI=1S/C32H36Cl3N3O4S/c1-4-30(32(40)36-24-8-5-6-9-24)37(19-27-28(34)10-7-11-29(27)35)31(39)20-38(25-15-12-21(2)22(3)18-25)43(41,42)26-16-13-23(33)14-17-26/h7,10-18,24,30H,4-6,8-9,19-20H2,1-3H3,(H,36,40)/t30-/m1/s1. The first kappa shape index (κ1) is 33.1. The lowest BCUT2D eigenvalue weighted by molar-refractivity contribution is -0.140. The summed E-state index contributed by atoms with van der Waals surface area (Å²) >= 11 is 19.0. The summed E-state index contributed by atoms with van der Waals surface area (Å²) in [6.45, 7) is 4.99. The van der Waals surface area contributed by atoms with Gasteiger partial charge in [-0.3, -0.25) is 13.9 Å². The Morgan fingerprint density at radius 1 is 0.930 bits per heavy atom. The monoisotopic (exact) mass is 663 g/mol. The van der Waals surface area contributed by atoms with Crippen molar-refractivity contribution >= 4 is 62.3 Å². The number of hydrogen-bond donors (Lipinski definition) is 1. The molecule has 0 spiro atoms. The fourth-order valence-electron chi connectivity index (χ4n) is 5.28. The molecule has 7 nitrogen and oxygen atoms in total. The van der Waals surface area contributed by atoms with Crippen LogP contribution in [0, 0.1) is 13.8 Å². The van der Waals surface area contributed by atoms with Crippen LogP contribution in [-0.4, -0.2) is 43.8 Å². The maximum atomic E-state index is 14.3. The van der Waals surface area contributed by atoms with Gasteiger partial charge in [-0.1, -0.05) is 66.7 Å². The van der Waals surface area contributed by atoms with E-state index < -0.39 is 28.5 Å². The van der Waals surface area contributed by atoms with E-state index in [0.717, 1.165) is 41.1 Å². The predicted molar refractivity (Wildman–Crippen MR) is 173 cm³/mol. The zero-order chi connectivity index (χ0) is 31.3. The van der Waals surface area contributed by atoms with E-state index in [2.05, 4.69) is 5.32 Å². The van der Waals surface area contributed by atoms with E-state index in [1.165, 1.54) is 29.2 Å².